The molecule has 0 radical (unpaired) electrons. The molecule has 1 nitrogen and oxygen atoms in total. The summed E-state index contributed by atoms with van der Waals surface area (Å²) in [5.41, 5.74) is 2.28. The van der Waals surface area contributed by atoms with Crippen molar-refractivity contribution in [1.82, 2.24) is 0 Å². The molecule has 0 aromatic heterocycles. The van der Waals surface area contributed by atoms with Crippen molar-refractivity contribution in [3.63, 3.8) is 0 Å². The Hall–Kier alpha value is -0.790. The van der Waals surface area contributed by atoms with Crippen LogP contribution in [0, 0.1) is 5.92 Å². The number of aliphatic hydroxyl groups is 1. The van der Waals surface area contributed by atoms with Gasteiger partial charge >= 0.3 is 0 Å². The van der Waals surface area contributed by atoms with Crippen LogP contribution in [0.3, 0.4) is 0 Å². The normalized spacial score (nSPS) is 12.2. The van der Waals surface area contributed by atoms with Crippen LogP contribution in [0.1, 0.15) is 19.4 Å². The van der Waals surface area contributed by atoms with Crippen LogP contribution in [-0.4, -0.2) is 11.7 Å². The molecule has 0 saturated carbocycles. The van der Waals surface area contributed by atoms with Gasteiger partial charge in [-0.25, -0.2) is 0 Å². The van der Waals surface area contributed by atoms with Gasteiger partial charge in [0.25, 0.3) is 0 Å². The average Bonchev–Trinajstić information content (AvgIpc) is 2.15. The van der Waals surface area contributed by atoms with E-state index < -0.39 is 0 Å². The first-order valence-electron chi connectivity index (χ1n) is 4.72. The van der Waals surface area contributed by atoms with Crippen molar-refractivity contribution in [2.24, 2.45) is 5.92 Å². The predicted octanol–water partition coefficient (Wildman–Crippen LogP) is 3.37. The second-order valence-corrected chi connectivity index (χ2v) is 3.94. The molecule has 0 aliphatic rings. The number of aliphatic hydroxyl groups excluding tert-OH is 1. The minimum absolute atomic E-state index is 0.0795. The third-order valence-corrected chi connectivity index (χ3v) is 2.36. The molecule has 0 saturated heterocycles. The van der Waals surface area contributed by atoms with Crippen LogP contribution in [0.2, 0.25) is 5.02 Å². The van der Waals surface area contributed by atoms with Crippen LogP contribution in [0.5, 0.6) is 0 Å². The van der Waals surface area contributed by atoms with Crippen LogP contribution in [0.15, 0.2) is 30.3 Å². The summed E-state index contributed by atoms with van der Waals surface area (Å²) in [4.78, 5) is 0. The third kappa shape index (κ3) is 2.86. The van der Waals surface area contributed by atoms with Crippen molar-refractivity contribution in [3.05, 3.63) is 40.9 Å². The van der Waals surface area contributed by atoms with Crippen LogP contribution in [0.25, 0.3) is 5.57 Å². The minimum Gasteiger partial charge on any atom is -0.392 e. The molecule has 14 heavy (non-hydrogen) atoms. The van der Waals surface area contributed by atoms with Crippen molar-refractivity contribution < 1.29 is 5.11 Å². The Balaban J connectivity index is 3.00. The molecule has 0 aliphatic heterocycles. The summed E-state index contributed by atoms with van der Waals surface area (Å²) in [5, 5.41) is 9.64. The molecule has 1 N–H and O–H groups in total. The van der Waals surface area contributed by atoms with Crippen LogP contribution in [-0.2, 0) is 0 Å². The van der Waals surface area contributed by atoms with Gasteiger partial charge < -0.3 is 5.11 Å². The molecular weight excluding hydrogens is 196 g/mol. The van der Waals surface area contributed by atoms with E-state index in [1.807, 2.05) is 30.3 Å². The highest BCUT2D eigenvalue weighted by Crippen LogP contribution is 2.23. The van der Waals surface area contributed by atoms with Crippen molar-refractivity contribution in [2.45, 2.75) is 13.8 Å². The highest BCUT2D eigenvalue weighted by molar-refractivity contribution is 6.30. The van der Waals surface area contributed by atoms with Gasteiger partial charge in [0, 0.05) is 5.02 Å². The highest BCUT2D eigenvalue weighted by atomic mass is 35.5. The molecule has 0 heterocycles. The Labute approximate surface area is 90.0 Å². The van der Waals surface area contributed by atoms with Crippen molar-refractivity contribution >= 4 is 17.2 Å². The van der Waals surface area contributed by atoms with E-state index in [-0.39, 0.29) is 6.61 Å². The Bertz CT molecular complexity index is 312. The lowest BCUT2D eigenvalue weighted by molar-refractivity contribution is 0.342. The first kappa shape index (κ1) is 11.3. The van der Waals surface area contributed by atoms with Gasteiger partial charge in [0.05, 0.1) is 6.61 Å². The summed E-state index contributed by atoms with van der Waals surface area (Å²) in [5.74, 6) is 0.406. The molecule has 1 aromatic carbocycles. The van der Waals surface area contributed by atoms with Crippen molar-refractivity contribution in [3.8, 4) is 0 Å². The van der Waals surface area contributed by atoms with E-state index >= 15 is 0 Å². The molecule has 2 heteroatoms. The van der Waals surface area contributed by atoms with Gasteiger partial charge in [0.1, 0.15) is 0 Å². The SMILES string of the molecule is CC(C)/C(=C\CO)c1ccc(Cl)cc1. The topological polar surface area (TPSA) is 20.2 Å². The first-order chi connectivity index (χ1) is 6.65. The number of benzene rings is 1. The van der Waals surface area contributed by atoms with Crippen LogP contribution >= 0.6 is 11.6 Å². The maximum atomic E-state index is 8.90. The summed E-state index contributed by atoms with van der Waals surface area (Å²) < 4.78 is 0. The zero-order valence-corrected chi connectivity index (χ0v) is 9.25. The van der Waals surface area contributed by atoms with Gasteiger partial charge in [0.15, 0.2) is 0 Å². The molecule has 0 unspecified atom stereocenters. The number of allylic oxidation sites excluding steroid dienone is 1. The average molecular weight is 211 g/mol. The molecule has 0 bridgehead atoms. The van der Waals surface area contributed by atoms with Crippen molar-refractivity contribution in [2.75, 3.05) is 6.61 Å². The summed E-state index contributed by atoms with van der Waals surface area (Å²) in [6.07, 6.45) is 1.84. The van der Waals surface area contributed by atoms with E-state index in [4.69, 9.17) is 16.7 Å². The Morgan fingerprint density at radius 3 is 2.36 bits per heavy atom. The fourth-order valence-electron chi connectivity index (χ4n) is 1.43. The predicted molar refractivity (Wildman–Crippen MR) is 61.4 cm³/mol. The molecule has 1 rings (SSSR count). The van der Waals surface area contributed by atoms with E-state index in [0.717, 1.165) is 16.2 Å². The molecule has 76 valence electrons. The summed E-state index contributed by atoms with van der Waals surface area (Å²) >= 11 is 5.80. The lowest BCUT2D eigenvalue weighted by Crippen LogP contribution is -1.95. The number of rotatable bonds is 3. The number of hydrogen-bond acceptors (Lipinski definition) is 1. The first-order valence-corrected chi connectivity index (χ1v) is 5.09. The monoisotopic (exact) mass is 210 g/mol. The molecule has 0 fully saturated rings. The zero-order valence-electron chi connectivity index (χ0n) is 8.50. The summed E-state index contributed by atoms with van der Waals surface area (Å²) in [7, 11) is 0. The van der Waals surface area contributed by atoms with Gasteiger partial charge in [-0.2, -0.15) is 0 Å². The molecule has 0 spiro atoms. The zero-order chi connectivity index (χ0) is 10.6. The number of hydrogen-bond donors (Lipinski definition) is 1. The van der Waals surface area contributed by atoms with Gasteiger partial charge in [-0.1, -0.05) is 43.7 Å². The lowest BCUT2D eigenvalue weighted by atomic mass is 9.95. The van der Waals surface area contributed by atoms with Crippen molar-refractivity contribution in [1.29, 1.82) is 0 Å². The summed E-state index contributed by atoms with van der Waals surface area (Å²) in [6, 6.07) is 7.68. The maximum absolute atomic E-state index is 8.90. The van der Waals surface area contributed by atoms with Gasteiger partial charge in [-0.15, -0.1) is 0 Å². The molecule has 1 aromatic rings. The molecule has 0 aliphatic carbocycles. The molecule has 0 amide bonds. The van der Waals surface area contributed by atoms with Gasteiger partial charge in [0.2, 0.25) is 0 Å². The van der Waals surface area contributed by atoms with E-state index in [1.165, 1.54) is 0 Å². The van der Waals surface area contributed by atoms with E-state index in [0.29, 0.717) is 5.92 Å². The maximum Gasteiger partial charge on any atom is 0.0618 e. The van der Waals surface area contributed by atoms with E-state index in [1.54, 1.807) is 0 Å². The fourth-order valence-corrected chi connectivity index (χ4v) is 1.55. The third-order valence-electron chi connectivity index (χ3n) is 2.11. The highest BCUT2D eigenvalue weighted by Gasteiger charge is 2.05. The quantitative estimate of drug-likeness (QED) is 0.811. The number of halogens is 1. The molecular formula is C12H15ClO. The Kier molecular flexibility index (Phi) is 4.18. The Morgan fingerprint density at radius 2 is 1.93 bits per heavy atom. The Morgan fingerprint density at radius 1 is 1.36 bits per heavy atom. The smallest absolute Gasteiger partial charge is 0.0618 e. The van der Waals surface area contributed by atoms with Gasteiger partial charge in [-0.05, 0) is 29.2 Å². The molecule has 0 atom stereocenters. The standard InChI is InChI=1S/C12H15ClO/c1-9(2)12(7-8-14)10-3-5-11(13)6-4-10/h3-7,9,14H,8H2,1-2H3/b12-7+. The van der Waals surface area contributed by atoms with Gasteiger partial charge in [-0.3, -0.25) is 0 Å². The van der Waals surface area contributed by atoms with Crippen LogP contribution in [0.4, 0.5) is 0 Å². The largest absolute Gasteiger partial charge is 0.392 e. The second-order valence-electron chi connectivity index (χ2n) is 3.50. The van der Waals surface area contributed by atoms with E-state index in [2.05, 4.69) is 13.8 Å². The van der Waals surface area contributed by atoms with E-state index in [9.17, 15) is 0 Å². The van der Waals surface area contributed by atoms with Crippen LogP contribution < -0.4 is 0 Å². The fraction of sp³-hybridized carbons (Fsp3) is 0.333. The lowest BCUT2D eigenvalue weighted by Gasteiger charge is -2.11. The summed E-state index contributed by atoms with van der Waals surface area (Å²) in [6.45, 7) is 4.29. The minimum atomic E-state index is 0.0795. The second kappa shape index (κ2) is 5.18.